The number of amides is 1. The number of hydrogen-bond donors (Lipinski definition) is 2. The Morgan fingerprint density at radius 3 is 2.40 bits per heavy atom. The number of hydrogen-bond acceptors (Lipinski definition) is 2. The number of guanidine groups is 1. The first kappa shape index (κ1) is 24.5. The van der Waals surface area contributed by atoms with Crippen LogP contribution in [0.15, 0.2) is 4.99 Å². The molecule has 1 aliphatic heterocycles. The van der Waals surface area contributed by atoms with Crippen LogP contribution in [0.3, 0.4) is 0 Å². The van der Waals surface area contributed by atoms with Crippen LogP contribution in [0.4, 0.5) is 0 Å². The quantitative estimate of drug-likeness (QED) is 0.310. The van der Waals surface area contributed by atoms with Crippen LogP contribution in [-0.4, -0.2) is 50.5 Å². The lowest BCUT2D eigenvalue weighted by Crippen LogP contribution is -2.47. The molecule has 1 atom stereocenters. The number of carbonyl (C=O) groups excluding carboxylic acids is 1. The van der Waals surface area contributed by atoms with Gasteiger partial charge in [-0.2, -0.15) is 0 Å². The summed E-state index contributed by atoms with van der Waals surface area (Å²) < 4.78 is 0. The van der Waals surface area contributed by atoms with Crippen molar-refractivity contribution in [1.82, 2.24) is 15.5 Å². The number of nitrogens with zero attached hydrogens (tertiary/aromatic N) is 2. The lowest BCUT2D eigenvalue weighted by atomic mass is 9.93. The fourth-order valence-corrected chi connectivity index (χ4v) is 3.53. The predicted molar refractivity (Wildman–Crippen MR) is 118 cm³/mol. The van der Waals surface area contributed by atoms with E-state index in [4.69, 9.17) is 0 Å². The summed E-state index contributed by atoms with van der Waals surface area (Å²) in [5.41, 5.74) is 0. The average molecular weight is 466 g/mol. The van der Waals surface area contributed by atoms with Crippen LogP contribution < -0.4 is 10.6 Å². The number of halogens is 1. The van der Waals surface area contributed by atoms with E-state index in [1.807, 2.05) is 7.05 Å². The summed E-state index contributed by atoms with van der Waals surface area (Å²) in [5.74, 6) is 2.45. The van der Waals surface area contributed by atoms with Gasteiger partial charge in [-0.05, 0) is 37.5 Å². The highest BCUT2D eigenvalue weighted by Gasteiger charge is 2.23. The van der Waals surface area contributed by atoms with Crippen molar-refractivity contribution in [3.63, 3.8) is 0 Å². The van der Waals surface area contributed by atoms with Crippen molar-refractivity contribution in [2.24, 2.45) is 16.8 Å². The van der Waals surface area contributed by atoms with E-state index in [2.05, 4.69) is 34.4 Å². The first-order valence-electron chi connectivity index (χ1n) is 9.80. The maximum Gasteiger partial charge on any atom is 0.220 e. The van der Waals surface area contributed by atoms with E-state index >= 15 is 0 Å². The molecule has 0 radical (unpaired) electrons. The normalized spacial score (nSPS) is 17.0. The van der Waals surface area contributed by atoms with Gasteiger partial charge in [0.25, 0.3) is 0 Å². The lowest BCUT2D eigenvalue weighted by Gasteiger charge is -2.34. The first-order chi connectivity index (χ1) is 11.6. The standard InChI is InChI=1S/C19H38N4O.HI/c1-5-7-9-17(8-6-2)15-22-19(21-4)23-12-10-16(11-13-23)14-18(24)20-3;/h16-17H,5-15H2,1-4H3,(H,20,24)(H,21,22);1H. The molecule has 1 unspecified atom stereocenters. The molecule has 0 aromatic carbocycles. The number of likely N-dealkylation sites (tertiary alicyclic amines) is 1. The van der Waals surface area contributed by atoms with Gasteiger partial charge in [0.2, 0.25) is 5.91 Å². The van der Waals surface area contributed by atoms with Gasteiger partial charge < -0.3 is 15.5 Å². The zero-order valence-corrected chi connectivity index (χ0v) is 19.0. The van der Waals surface area contributed by atoms with E-state index in [1.54, 1.807) is 7.05 Å². The number of unbranched alkanes of at least 4 members (excludes halogenated alkanes) is 1. The van der Waals surface area contributed by atoms with Crippen molar-refractivity contribution in [2.75, 3.05) is 33.7 Å². The van der Waals surface area contributed by atoms with Crippen molar-refractivity contribution in [3.8, 4) is 0 Å². The molecule has 1 amide bonds. The van der Waals surface area contributed by atoms with E-state index in [9.17, 15) is 4.79 Å². The molecule has 1 saturated heterocycles. The van der Waals surface area contributed by atoms with E-state index in [0.29, 0.717) is 12.3 Å². The third-order valence-corrected chi connectivity index (χ3v) is 5.09. The molecular formula is C19H39IN4O. The highest BCUT2D eigenvalue weighted by atomic mass is 127. The summed E-state index contributed by atoms with van der Waals surface area (Å²) in [6.45, 7) is 7.55. The minimum atomic E-state index is 0. The van der Waals surface area contributed by atoms with Gasteiger partial charge in [-0.3, -0.25) is 9.79 Å². The van der Waals surface area contributed by atoms with Gasteiger partial charge in [-0.1, -0.05) is 33.1 Å². The topological polar surface area (TPSA) is 56.7 Å². The molecule has 1 rings (SSSR count). The van der Waals surface area contributed by atoms with E-state index in [-0.39, 0.29) is 29.9 Å². The van der Waals surface area contributed by atoms with Crippen molar-refractivity contribution >= 4 is 35.8 Å². The fraction of sp³-hybridized carbons (Fsp3) is 0.895. The van der Waals surface area contributed by atoms with Gasteiger partial charge in [-0.15, -0.1) is 24.0 Å². The Labute approximate surface area is 171 Å². The van der Waals surface area contributed by atoms with Crippen LogP contribution in [-0.2, 0) is 4.79 Å². The fourth-order valence-electron chi connectivity index (χ4n) is 3.53. The molecule has 2 N–H and O–H groups in total. The van der Waals surface area contributed by atoms with Gasteiger partial charge in [0.05, 0.1) is 0 Å². The molecule has 25 heavy (non-hydrogen) atoms. The molecule has 6 heteroatoms. The molecule has 1 heterocycles. The third kappa shape index (κ3) is 9.66. The minimum Gasteiger partial charge on any atom is -0.359 e. The van der Waals surface area contributed by atoms with Crippen molar-refractivity contribution in [1.29, 1.82) is 0 Å². The van der Waals surface area contributed by atoms with Crippen LogP contribution in [0, 0.1) is 11.8 Å². The molecule has 0 spiro atoms. The van der Waals surface area contributed by atoms with Gasteiger partial charge in [0.1, 0.15) is 0 Å². The predicted octanol–water partition coefficient (Wildman–Crippen LogP) is 3.63. The Bertz CT molecular complexity index is 382. The maximum atomic E-state index is 11.5. The zero-order chi connectivity index (χ0) is 17.8. The van der Waals surface area contributed by atoms with Crippen molar-refractivity contribution in [2.45, 2.75) is 65.2 Å². The largest absolute Gasteiger partial charge is 0.359 e. The Balaban J connectivity index is 0.00000576. The Morgan fingerprint density at radius 2 is 1.88 bits per heavy atom. The summed E-state index contributed by atoms with van der Waals surface area (Å²) in [4.78, 5) is 18.3. The Hall–Kier alpha value is -0.530. The monoisotopic (exact) mass is 466 g/mol. The molecule has 0 saturated carbocycles. The average Bonchev–Trinajstić information content (AvgIpc) is 2.61. The summed E-state index contributed by atoms with van der Waals surface area (Å²) in [5, 5.41) is 6.33. The SMILES string of the molecule is CCCCC(CCC)CNC(=NC)N1CCC(CC(=O)NC)CC1.I. The van der Waals surface area contributed by atoms with Crippen LogP contribution in [0.25, 0.3) is 0 Å². The van der Waals surface area contributed by atoms with Crippen molar-refractivity contribution in [3.05, 3.63) is 0 Å². The van der Waals surface area contributed by atoms with Crippen LogP contribution in [0.2, 0.25) is 0 Å². The zero-order valence-electron chi connectivity index (χ0n) is 16.6. The number of carbonyl (C=O) groups is 1. The summed E-state index contributed by atoms with van der Waals surface area (Å²) in [6.07, 6.45) is 9.24. The highest BCUT2D eigenvalue weighted by Crippen LogP contribution is 2.20. The van der Waals surface area contributed by atoms with Crippen LogP contribution >= 0.6 is 24.0 Å². The van der Waals surface area contributed by atoms with E-state index in [1.165, 1.54) is 32.1 Å². The summed E-state index contributed by atoms with van der Waals surface area (Å²) >= 11 is 0. The molecule has 1 aliphatic rings. The minimum absolute atomic E-state index is 0. The highest BCUT2D eigenvalue weighted by molar-refractivity contribution is 14.0. The summed E-state index contributed by atoms with van der Waals surface area (Å²) in [7, 11) is 3.59. The van der Waals surface area contributed by atoms with Crippen molar-refractivity contribution < 1.29 is 4.79 Å². The number of piperidine rings is 1. The van der Waals surface area contributed by atoms with Gasteiger partial charge in [0, 0.05) is 40.2 Å². The second-order valence-corrected chi connectivity index (χ2v) is 7.03. The van der Waals surface area contributed by atoms with Gasteiger partial charge >= 0.3 is 0 Å². The molecule has 148 valence electrons. The van der Waals surface area contributed by atoms with Gasteiger partial charge in [0.15, 0.2) is 5.96 Å². The molecule has 5 nitrogen and oxygen atoms in total. The van der Waals surface area contributed by atoms with Crippen LogP contribution in [0.1, 0.15) is 65.2 Å². The number of rotatable bonds is 9. The molecule has 0 bridgehead atoms. The van der Waals surface area contributed by atoms with E-state index in [0.717, 1.165) is 44.4 Å². The number of nitrogens with one attached hydrogen (secondary N) is 2. The van der Waals surface area contributed by atoms with Gasteiger partial charge in [-0.25, -0.2) is 0 Å². The molecule has 1 fully saturated rings. The lowest BCUT2D eigenvalue weighted by molar-refractivity contribution is -0.121. The summed E-state index contributed by atoms with van der Waals surface area (Å²) in [6, 6.07) is 0. The second kappa shape index (κ2) is 14.6. The van der Waals surface area contributed by atoms with E-state index < -0.39 is 0 Å². The Morgan fingerprint density at radius 1 is 1.20 bits per heavy atom. The molecule has 0 aromatic rings. The number of aliphatic imine (C=N–C) groups is 1. The third-order valence-electron chi connectivity index (χ3n) is 5.09. The second-order valence-electron chi connectivity index (χ2n) is 7.03. The molecule has 0 aliphatic carbocycles. The van der Waals surface area contributed by atoms with Crippen LogP contribution in [0.5, 0.6) is 0 Å². The maximum absolute atomic E-state index is 11.5. The first-order valence-corrected chi connectivity index (χ1v) is 9.80. The molecular weight excluding hydrogens is 427 g/mol. The molecule has 0 aromatic heterocycles. The smallest absolute Gasteiger partial charge is 0.220 e. The Kier molecular flexibility index (Phi) is 14.3.